The number of rotatable bonds is 4. The van der Waals surface area contributed by atoms with E-state index in [4.69, 9.17) is 0 Å². The zero-order valence-electron chi connectivity index (χ0n) is 10.4. The molecule has 0 bridgehead atoms. The van der Waals surface area contributed by atoms with Crippen molar-refractivity contribution in [2.24, 2.45) is 0 Å². The number of aromatic nitrogens is 2. The van der Waals surface area contributed by atoms with E-state index in [9.17, 15) is 0 Å². The molecule has 0 fully saturated rings. The molecule has 3 nitrogen and oxygen atoms in total. The lowest BCUT2D eigenvalue weighted by Crippen LogP contribution is -2.22. The summed E-state index contributed by atoms with van der Waals surface area (Å²) in [5.74, 6) is 0. The molecule has 0 saturated heterocycles. The van der Waals surface area contributed by atoms with E-state index in [1.807, 2.05) is 31.6 Å². The van der Waals surface area contributed by atoms with E-state index in [-0.39, 0.29) is 6.04 Å². The average Bonchev–Trinajstić information content (AvgIpc) is 2.74. The zero-order chi connectivity index (χ0) is 12.3. The summed E-state index contributed by atoms with van der Waals surface area (Å²) in [6, 6.07) is 2.26. The lowest BCUT2D eigenvalue weighted by molar-refractivity contribution is 0.633. The normalized spacial score (nSPS) is 12.6. The standard InChI is InChI=1S/C13H17N3S/c1-4-15-13(12-8-16-10(3)17-12)11-7-14-6-5-9(11)2/h5-8,13,15H,4H2,1-3H3. The van der Waals surface area contributed by atoms with Gasteiger partial charge in [0.15, 0.2) is 0 Å². The van der Waals surface area contributed by atoms with Gasteiger partial charge in [-0.2, -0.15) is 0 Å². The van der Waals surface area contributed by atoms with Crippen LogP contribution < -0.4 is 5.32 Å². The van der Waals surface area contributed by atoms with E-state index >= 15 is 0 Å². The number of pyridine rings is 1. The number of hydrogen-bond acceptors (Lipinski definition) is 4. The second-order valence-corrected chi connectivity index (χ2v) is 5.27. The van der Waals surface area contributed by atoms with Gasteiger partial charge in [0, 0.05) is 23.5 Å². The van der Waals surface area contributed by atoms with Crippen molar-refractivity contribution < 1.29 is 0 Å². The van der Waals surface area contributed by atoms with E-state index in [1.165, 1.54) is 16.0 Å². The first kappa shape index (κ1) is 12.2. The molecular weight excluding hydrogens is 230 g/mol. The van der Waals surface area contributed by atoms with E-state index in [1.54, 1.807) is 11.3 Å². The van der Waals surface area contributed by atoms with Crippen LogP contribution in [0.3, 0.4) is 0 Å². The summed E-state index contributed by atoms with van der Waals surface area (Å²) in [6.07, 6.45) is 5.73. The van der Waals surface area contributed by atoms with E-state index in [0.29, 0.717) is 0 Å². The third-order valence-electron chi connectivity index (χ3n) is 2.72. The highest BCUT2D eigenvalue weighted by molar-refractivity contribution is 7.11. The van der Waals surface area contributed by atoms with Crippen molar-refractivity contribution >= 4 is 11.3 Å². The van der Waals surface area contributed by atoms with Gasteiger partial charge in [-0.15, -0.1) is 11.3 Å². The van der Waals surface area contributed by atoms with Crippen LogP contribution in [-0.4, -0.2) is 16.5 Å². The van der Waals surface area contributed by atoms with Gasteiger partial charge < -0.3 is 5.32 Å². The predicted octanol–water partition coefficient (Wildman–Crippen LogP) is 2.85. The van der Waals surface area contributed by atoms with Crippen molar-refractivity contribution in [2.45, 2.75) is 26.8 Å². The van der Waals surface area contributed by atoms with Crippen LogP contribution in [-0.2, 0) is 0 Å². The number of nitrogens with one attached hydrogen (secondary N) is 1. The SMILES string of the molecule is CCNC(c1cnc(C)s1)c1cnccc1C. The second kappa shape index (κ2) is 5.38. The Hall–Kier alpha value is -1.26. The molecule has 2 aromatic rings. The fraction of sp³-hybridized carbons (Fsp3) is 0.385. The van der Waals surface area contributed by atoms with Crippen LogP contribution in [0.2, 0.25) is 0 Å². The molecule has 0 spiro atoms. The minimum absolute atomic E-state index is 0.208. The second-order valence-electron chi connectivity index (χ2n) is 4.00. The van der Waals surface area contributed by atoms with Crippen LogP contribution in [0.4, 0.5) is 0 Å². The van der Waals surface area contributed by atoms with Crippen LogP contribution in [0, 0.1) is 13.8 Å². The first-order valence-electron chi connectivity index (χ1n) is 5.78. The van der Waals surface area contributed by atoms with Gasteiger partial charge in [0.05, 0.1) is 11.0 Å². The van der Waals surface area contributed by atoms with Crippen molar-refractivity contribution in [2.75, 3.05) is 6.54 Å². The molecular formula is C13H17N3S. The Morgan fingerprint density at radius 3 is 2.76 bits per heavy atom. The minimum Gasteiger partial charge on any atom is -0.306 e. The first-order valence-corrected chi connectivity index (χ1v) is 6.60. The largest absolute Gasteiger partial charge is 0.306 e. The molecule has 0 aromatic carbocycles. The molecule has 0 radical (unpaired) electrons. The maximum absolute atomic E-state index is 4.33. The Labute approximate surface area is 106 Å². The zero-order valence-corrected chi connectivity index (χ0v) is 11.2. The Kier molecular flexibility index (Phi) is 3.86. The van der Waals surface area contributed by atoms with Gasteiger partial charge in [-0.3, -0.25) is 4.98 Å². The molecule has 2 heterocycles. The molecule has 4 heteroatoms. The van der Waals surface area contributed by atoms with E-state index < -0.39 is 0 Å². The van der Waals surface area contributed by atoms with Crippen LogP contribution in [0.5, 0.6) is 0 Å². The molecule has 1 unspecified atom stereocenters. The van der Waals surface area contributed by atoms with E-state index in [0.717, 1.165) is 11.6 Å². The van der Waals surface area contributed by atoms with Crippen LogP contribution >= 0.6 is 11.3 Å². The van der Waals surface area contributed by atoms with Crippen molar-refractivity contribution in [1.82, 2.24) is 15.3 Å². The summed E-state index contributed by atoms with van der Waals surface area (Å²) < 4.78 is 0. The molecule has 0 amide bonds. The minimum atomic E-state index is 0.208. The monoisotopic (exact) mass is 247 g/mol. The summed E-state index contributed by atoms with van der Waals surface area (Å²) in [4.78, 5) is 9.81. The highest BCUT2D eigenvalue weighted by Crippen LogP contribution is 2.28. The molecule has 0 saturated carbocycles. The lowest BCUT2D eigenvalue weighted by atomic mass is 10.0. The fourth-order valence-corrected chi connectivity index (χ4v) is 2.74. The number of thiazole rings is 1. The molecule has 2 aromatic heterocycles. The maximum Gasteiger partial charge on any atom is 0.0897 e. The topological polar surface area (TPSA) is 37.8 Å². The Balaban J connectivity index is 2.39. The molecule has 0 aliphatic rings. The van der Waals surface area contributed by atoms with Crippen molar-refractivity contribution in [3.05, 3.63) is 45.7 Å². The van der Waals surface area contributed by atoms with E-state index in [2.05, 4.69) is 29.1 Å². The van der Waals surface area contributed by atoms with Gasteiger partial charge >= 0.3 is 0 Å². The summed E-state index contributed by atoms with van der Waals surface area (Å²) in [7, 11) is 0. The van der Waals surface area contributed by atoms with Crippen LogP contribution in [0.1, 0.15) is 34.0 Å². The molecule has 2 rings (SSSR count). The third-order valence-corrected chi connectivity index (χ3v) is 3.70. The average molecular weight is 247 g/mol. The lowest BCUT2D eigenvalue weighted by Gasteiger charge is -2.18. The highest BCUT2D eigenvalue weighted by atomic mass is 32.1. The van der Waals surface area contributed by atoms with Gasteiger partial charge in [0.25, 0.3) is 0 Å². The molecule has 1 atom stereocenters. The maximum atomic E-state index is 4.33. The molecule has 17 heavy (non-hydrogen) atoms. The van der Waals surface area contributed by atoms with Gasteiger partial charge in [0.1, 0.15) is 0 Å². The number of nitrogens with zero attached hydrogens (tertiary/aromatic N) is 2. The molecule has 1 N–H and O–H groups in total. The first-order chi connectivity index (χ1) is 8.22. The Bertz CT molecular complexity index is 493. The van der Waals surface area contributed by atoms with Gasteiger partial charge in [-0.1, -0.05) is 6.92 Å². The van der Waals surface area contributed by atoms with Gasteiger partial charge in [-0.05, 0) is 37.6 Å². The highest BCUT2D eigenvalue weighted by Gasteiger charge is 2.17. The molecule has 0 aliphatic heterocycles. The number of hydrogen-bond donors (Lipinski definition) is 1. The summed E-state index contributed by atoms with van der Waals surface area (Å²) in [5.41, 5.74) is 2.50. The van der Waals surface area contributed by atoms with Crippen molar-refractivity contribution in [3.63, 3.8) is 0 Å². The summed E-state index contributed by atoms with van der Waals surface area (Å²) in [5, 5.41) is 4.60. The number of aryl methyl sites for hydroxylation is 2. The molecule has 0 aliphatic carbocycles. The summed E-state index contributed by atoms with van der Waals surface area (Å²) in [6.45, 7) is 7.20. The van der Waals surface area contributed by atoms with Crippen molar-refractivity contribution in [1.29, 1.82) is 0 Å². The van der Waals surface area contributed by atoms with Crippen LogP contribution in [0.15, 0.2) is 24.7 Å². The Morgan fingerprint density at radius 1 is 1.35 bits per heavy atom. The molecule has 90 valence electrons. The van der Waals surface area contributed by atoms with Gasteiger partial charge in [0.2, 0.25) is 0 Å². The fourth-order valence-electron chi connectivity index (χ4n) is 1.86. The predicted molar refractivity (Wildman–Crippen MR) is 71.3 cm³/mol. The third kappa shape index (κ3) is 2.70. The van der Waals surface area contributed by atoms with Crippen LogP contribution in [0.25, 0.3) is 0 Å². The summed E-state index contributed by atoms with van der Waals surface area (Å²) >= 11 is 1.74. The quantitative estimate of drug-likeness (QED) is 0.902. The van der Waals surface area contributed by atoms with Crippen molar-refractivity contribution in [3.8, 4) is 0 Å². The van der Waals surface area contributed by atoms with Gasteiger partial charge in [-0.25, -0.2) is 4.98 Å². The smallest absolute Gasteiger partial charge is 0.0897 e. The Morgan fingerprint density at radius 2 is 2.18 bits per heavy atom.